The molecule has 4 heterocycles. The van der Waals surface area contributed by atoms with Gasteiger partial charge in [0.2, 0.25) is 0 Å². The Morgan fingerprint density at radius 1 is 1.17 bits per heavy atom. The van der Waals surface area contributed by atoms with Gasteiger partial charge in [-0.25, -0.2) is 0 Å². The molecule has 0 saturated carbocycles. The van der Waals surface area contributed by atoms with Gasteiger partial charge in [0.05, 0.1) is 24.9 Å². The topological polar surface area (TPSA) is 69.4 Å². The molecule has 2 aliphatic rings. The van der Waals surface area contributed by atoms with Gasteiger partial charge in [0.15, 0.2) is 5.96 Å². The van der Waals surface area contributed by atoms with Gasteiger partial charge in [0.1, 0.15) is 6.26 Å². The molecular weight excluding hydrogens is 400 g/mol. The van der Waals surface area contributed by atoms with E-state index in [4.69, 9.17) is 9.26 Å². The van der Waals surface area contributed by atoms with Gasteiger partial charge in [0, 0.05) is 75.2 Å². The Kier molecular flexibility index (Phi) is 7.37. The second kappa shape index (κ2) is 10.4. The van der Waals surface area contributed by atoms with E-state index >= 15 is 0 Å². The molecule has 2 saturated heterocycles. The average Bonchev–Trinajstić information content (AvgIpc) is 3.45. The predicted octanol–water partition coefficient (Wildman–Crippen LogP) is 1.81. The Balaban J connectivity index is 1.33. The molecule has 1 N–H and O–H groups in total. The summed E-state index contributed by atoms with van der Waals surface area (Å²) < 4.78 is 10.5. The first-order valence-electron chi connectivity index (χ1n) is 10.7. The summed E-state index contributed by atoms with van der Waals surface area (Å²) in [6.45, 7) is 11.3. The molecule has 8 nitrogen and oxygen atoms in total. The number of hydrogen-bond acceptors (Lipinski definition) is 7. The van der Waals surface area contributed by atoms with Crippen LogP contribution >= 0.6 is 11.3 Å². The van der Waals surface area contributed by atoms with E-state index in [0.29, 0.717) is 6.04 Å². The first-order chi connectivity index (χ1) is 14.7. The second-order valence-electron chi connectivity index (χ2n) is 7.79. The highest BCUT2D eigenvalue weighted by atomic mass is 32.1. The lowest BCUT2D eigenvalue weighted by atomic mass is 10.2. The molecule has 0 bridgehead atoms. The molecule has 0 aromatic carbocycles. The maximum Gasteiger partial charge on any atom is 0.193 e. The van der Waals surface area contributed by atoms with Crippen molar-refractivity contribution in [2.24, 2.45) is 4.99 Å². The first-order valence-corrected chi connectivity index (χ1v) is 11.5. The van der Waals surface area contributed by atoms with Crippen molar-refractivity contribution in [2.75, 3.05) is 66.1 Å². The summed E-state index contributed by atoms with van der Waals surface area (Å²) in [7, 11) is 1.88. The molecule has 2 aromatic rings. The lowest BCUT2D eigenvalue weighted by Gasteiger charge is -2.38. The molecule has 0 spiro atoms. The molecule has 2 aromatic heterocycles. The van der Waals surface area contributed by atoms with Crippen LogP contribution in [0.25, 0.3) is 0 Å². The molecule has 0 aliphatic carbocycles. The van der Waals surface area contributed by atoms with Gasteiger partial charge in [-0.15, -0.1) is 11.3 Å². The quantitative estimate of drug-likeness (QED) is 0.551. The van der Waals surface area contributed by atoms with Crippen LogP contribution < -0.4 is 5.32 Å². The number of guanidine groups is 1. The molecule has 30 heavy (non-hydrogen) atoms. The molecule has 164 valence electrons. The van der Waals surface area contributed by atoms with Gasteiger partial charge < -0.3 is 19.5 Å². The van der Waals surface area contributed by atoms with E-state index in [1.54, 1.807) is 6.26 Å². The molecule has 2 aliphatic heterocycles. The van der Waals surface area contributed by atoms with Crippen LogP contribution in [0.15, 0.2) is 34.0 Å². The van der Waals surface area contributed by atoms with Crippen molar-refractivity contribution in [3.63, 3.8) is 0 Å². The summed E-state index contributed by atoms with van der Waals surface area (Å²) in [6.07, 6.45) is 1.64. The summed E-state index contributed by atoms with van der Waals surface area (Å²) in [5, 5.41) is 7.68. The molecule has 0 radical (unpaired) electrons. The number of hydrogen-bond donors (Lipinski definition) is 1. The highest BCUT2D eigenvalue weighted by molar-refractivity contribution is 7.12. The third-order valence-electron chi connectivity index (χ3n) is 5.79. The predicted molar refractivity (Wildman–Crippen MR) is 119 cm³/mol. The van der Waals surface area contributed by atoms with Crippen LogP contribution in [0, 0.1) is 6.92 Å². The van der Waals surface area contributed by atoms with E-state index in [1.807, 2.05) is 24.5 Å². The number of piperazine rings is 1. The Morgan fingerprint density at radius 2 is 1.97 bits per heavy atom. The van der Waals surface area contributed by atoms with E-state index in [0.717, 1.165) is 77.2 Å². The lowest BCUT2D eigenvalue weighted by molar-refractivity contribution is 0.0175. The van der Waals surface area contributed by atoms with Crippen molar-refractivity contribution in [1.29, 1.82) is 0 Å². The summed E-state index contributed by atoms with van der Waals surface area (Å²) in [5.74, 6) is 0.989. The van der Waals surface area contributed by atoms with E-state index in [-0.39, 0.29) is 0 Å². The third-order valence-corrected chi connectivity index (χ3v) is 6.89. The van der Waals surface area contributed by atoms with Gasteiger partial charge in [-0.1, -0.05) is 5.16 Å². The molecular formula is C21H32N6O2S. The summed E-state index contributed by atoms with van der Waals surface area (Å²) >= 11 is 1.89. The first kappa shape index (κ1) is 21.3. The van der Waals surface area contributed by atoms with E-state index < -0.39 is 0 Å². The van der Waals surface area contributed by atoms with Gasteiger partial charge in [-0.3, -0.25) is 14.8 Å². The number of morpholine rings is 1. The van der Waals surface area contributed by atoms with Crippen molar-refractivity contribution in [3.05, 3.63) is 39.9 Å². The Morgan fingerprint density at radius 3 is 2.60 bits per heavy atom. The highest BCUT2D eigenvalue weighted by Crippen LogP contribution is 2.28. The minimum absolute atomic E-state index is 0.345. The van der Waals surface area contributed by atoms with Crippen molar-refractivity contribution >= 4 is 17.3 Å². The van der Waals surface area contributed by atoms with Crippen molar-refractivity contribution < 1.29 is 9.26 Å². The largest absolute Gasteiger partial charge is 0.379 e. The van der Waals surface area contributed by atoms with Crippen LogP contribution in [0.5, 0.6) is 0 Å². The SMILES string of the molecule is CN=C(NCC(c1ccc(C)s1)N1CCOCC1)N1CCN(Cc2ccon2)CC1. The van der Waals surface area contributed by atoms with Gasteiger partial charge in [-0.05, 0) is 19.1 Å². The fraction of sp³-hybridized carbons (Fsp3) is 0.619. The fourth-order valence-electron chi connectivity index (χ4n) is 4.12. The zero-order chi connectivity index (χ0) is 20.8. The zero-order valence-corrected chi connectivity index (χ0v) is 18.7. The highest BCUT2D eigenvalue weighted by Gasteiger charge is 2.26. The standard InChI is InChI=1S/C21H32N6O2S/c1-17-3-4-20(30-17)19(26-10-13-28-14-11-26)15-23-21(22-2)27-8-6-25(7-9-27)16-18-5-12-29-24-18/h3-5,12,19H,6-11,13-16H2,1-2H3,(H,22,23). The molecule has 1 unspecified atom stereocenters. The maximum atomic E-state index is 5.57. The van der Waals surface area contributed by atoms with E-state index in [9.17, 15) is 0 Å². The van der Waals surface area contributed by atoms with Crippen LogP contribution in [0.2, 0.25) is 0 Å². The lowest BCUT2D eigenvalue weighted by Crippen LogP contribution is -2.53. The number of ether oxygens (including phenoxy) is 1. The summed E-state index contributed by atoms with van der Waals surface area (Å²) in [6, 6.07) is 6.77. The molecule has 2 fully saturated rings. The van der Waals surface area contributed by atoms with Crippen LogP contribution in [0.1, 0.15) is 21.5 Å². The van der Waals surface area contributed by atoms with Gasteiger partial charge in [0.25, 0.3) is 0 Å². The average molecular weight is 433 g/mol. The maximum absolute atomic E-state index is 5.57. The monoisotopic (exact) mass is 432 g/mol. The number of aryl methyl sites for hydroxylation is 1. The van der Waals surface area contributed by atoms with Crippen LogP contribution in [-0.2, 0) is 11.3 Å². The third kappa shape index (κ3) is 5.40. The number of nitrogens with zero attached hydrogens (tertiary/aromatic N) is 5. The smallest absolute Gasteiger partial charge is 0.193 e. The van der Waals surface area contributed by atoms with E-state index in [1.165, 1.54) is 9.75 Å². The van der Waals surface area contributed by atoms with Crippen molar-refractivity contribution in [2.45, 2.75) is 19.5 Å². The van der Waals surface area contributed by atoms with Crippen molar-refractivity contribution in [3.8, 4) is 0 Å². The summed E-state index contributed by atoms with van der Waals surface area (Å²) in [5.41, 5.74) is 0.991. The normalized spacial score (nSPS) is 20.5. The van der Waals surface area contributed by atoms with Gasteiger partial charge in [-0.2, -0.15) is 0 Å². The number of thiophene rings is 1. The molecule has 0 amide bonds. The van der Waals surface area contributed by atoms with Crippen LogP contribution in [0.3, 0.4) is 0 Å². The van der Waals surface area contributed by atoms with Crippen molar-refractivity contribution in [1.82, 2.24) is 25.2 Å². The Hall–Kier alpha value is -1.94. The van der Waals surface area contributed by atoms with E-state index in [2.05, 4.69) is 49.2 Å². The number of aliphatic imine (C=N–C) groups is 1. The minimum Gasteiger partial charge on any atom is -0.379 e. The fourth-order valence-corrected chi connectivity index (χ4v) is 5.13. The zero-order valence-electron chi connectivity index (χ0n) is 17.9. The number of aromatic nitrogens is 1. The summed E-state index contributed by atoms with van der Waals surface area (Å²) in [4.78, 5) is 14.6. The Labute approximate surface area is 182 Å². The number of nitrogens with one attached hydrogen (secondary N) is 1. The minimum atomic E-state index is 0.345. The van der Waals surface area contributed by atoms with Crippen LogP contribution in [0.4, 0.5) is 0 Å². The van der Waals surface area contributed by atoms with Crippen LogP contribution in [-0.4, -0.2) is 91.9 Å². The number of rotatable bonds is 6. The second-order valence-corrected chi connectivity index (χ2v) is 9.11. The molecule has 1 atom stereocenters. The Bertz CT molecular complexity index is 794. The van der Waals surface area contributed by atoms with Gasteiger partial charge >= 0.3 is 0 Å². The molecule has 9 heteroatoms. The molecule has 4 rings (SSSR count).